The fourth-order valence-electron chi connectivity index (χ4n) is 3.56. The molecule has 0 aliphatic rings. The molecule has 0 bridgehead atoms. The molecule has 5 nitrogen and oxygen atoms in total. The van der Waals surface area contributed by atoms with Gasteiger partial charge in [0, 0.05) is 18.7 Å². The molecular formula is C27H28N4OS. The second-order valence-corrected chi connectivity index (χ2v) is 8.98. The Morgan fingerprint density at radius 2 is 1.55 bits per heavy atom. The van der Waals surface area contributed by atoms with Gasteiger partial charge in [-0.05, 0) is 54.7 Å². The van der Waals surface area contributed by atoms with E-state index in [-0.39, 0.29) is 11.7 Å². The molecule has 1 aromatic heterocycles. The van der Waals surface area contributed by atoms with Crippen molar-refractivity contribution in [3.63, 3.8) is 0 Å². The van der Waals surface area contributed by atoms with Gasteiger partial charge in [0.1, 0.15) is 5.82 Å². The van der Waals surface area contributed by atoms with Crippen molar-refractivity contribution in [1.82, 2.24) is 20.1 Å². The lowest BCUT2D eigenvalue weighted by Gasteiger charge is -2.12. The van der Waals surface area contributed by atoms with E-state index in [4.69, 9.17) is 0 Å². The van der Waals surface area contributed by atoms with Crippen LogP contribution in [0.1, 0.15) is 28.1 Å². The summed E-state index contributed by atoms with van der Waals surface area (Å²) in [6, 6.07) is 26.7. The van der Waals surface area contributed by atoms with E-state index in [1.165, 1.54) is 28.5 Å². The molecule has 0 radical (unpaired) electrons. The van der Waals surface area contributed by atoms with Crippen molar-refractivity contribution in [3.8, 4) is 5.69 Å². The quantitative estimate of drug-likeness (QED) is 0.357. The maximum absolute atomic E-state index is 12.5. The summed E-state index contributed by atoms with van der Waals surface area (Å²) in [6.07, 6.45) is 1.65. The van der Waals surface area contributed by atoms with Gasteiger partial charge in [-0.25, -0.2) is 0 Å². The summed E-state index contributed by atoms with van der Waals surface area (Å²) in [4.78, 5) is 12.5. The second kappa shape index (κ2) is 11.0. The molecular weight excluding hydrogens is 428 g/mol. The molecule has 0 aliphatic carbocycles. The lowest BCUT2D eigenvalue weighted by Crippen LogP contribution is -2.24. The number of aryl methyl sites for hydroxylation is 4. The Kier molecular flexibility index (Phi) is 7.58. The number of amides is 1. The van der Waals surface area contributed by atoms with Gasteiger partial charge in [-0.1, -0.05) is 78.5 Å². The number of aromatic nitrogens is 3. The van der Waals surface area contributed by atoms with Gasteiger partial charge in [-0.15, -0.1) is 10.2 Å². The monoisotopic (exact) mass is 456 g/mol. The van der Waals surface area contributed by atoms with Crippen LogP contribution in [0.3, 0.4) is 0 Å². The van der Waals surface area contributed by atoms with Crippen LogP contribution >= 0.6 is 11.8 Å². The largest absolute Gasteiger partial charge is 0.351 e. The highest BCUT2D eigenvalue weighted by Crippen LogP contribution is 2.24. The van der Waals surface area contributed by atoms with Crippen molar-refractivity contribution >= 4 is 17.7 Å². The van der Waals surface area contributed by atoms with Crippen LogP contribution in [-0.4, -0.2) is 26.4 Å². The smallest absolute Gasteiger partial charge is 0.230 e. The van der Waals surface area contributed by atoms with Crippen LogP contribution in [-0.2, 0) is 24.2 Å². The Morgan fingerprint density at radius 3 is 2.24 bits per heavy atom. The molecule has 4 rings (SSSR count). The van der Waals surface area contributed by atoms with E-state index in [1.807, 2.05) is 36.4 Å². The molecule has 0 saturated carbocycles. The van der Waals surface area contributed by atoms with Crippen LogP contribution < -0.4 is 5.32 Å². The van der Waals surface area contributed by atoms with E-state index in [1.54, 1.807) is 0 Å². The van der Waals surface area contributed by atoms with Gasteiger partial charge in [0.2, 0.25) is 5.91 Å². The molecule has 168 valence electrons. The first-order valence-electron chi connectivity index (χ1n) is 11.1. The number of benzene rings is 3. The van der Waals surface area contributed by atoms with Gasteiger partial charge in [-0.2, -0.15) is 0 Å². The van der Waals surface area contributed by atoms with E-state index in [2.05, 4.69) is 76.4 Å². The molecule has 0 spiro atoms. The first-order valence-corrected chi connectivity index (χ1v) is 12.1. The average molecular weight is 457 g/mol. The number of hydrogen-bond acceptors (Lipinski definition) is 4. The van der Waals surface area contributed by atoms with Crippen molar-refractivity contribution in [2.45, 2.75) is 38.4 Å². The zero-order valence-corrected chi connectivity index (χ0v) is 19.8. The highest BCUT2D eigenvalue weighted by molar-refractivity contribution is 7.99. The predicted octanol–water partition coefficient (Wildman–Crippen LogP) is 5.08. The van der Waals surface area contributed by atoms with Gasteiger partial charge in [0.05, 0.1) is 5.75 Å². The molecule has 1 amide bonds. The molecule has 33 heavy (non-hydrogen) atoms. The molecule has 0 fully saturated rings. The lowest BCUT2D eigenvalue weighted by molar-refractivity contribution is -0.118. The molecule has 0 aliphatic heterocycles. The minimum absolute atomic E-state index is 0.0238. The molecule has 3 aromatic carbocycles. The number of carbonyl (C=O) groups excluding carboxylic acids is 1. The van der Waals surface area contributed by atoms with E-state index >= 15 is 0 Å². The number of carbonyl (C=O) groups is 1. The van der Waals surface area contributed by atoms with E-state index < -0.39 is 0 Å². The first-order chi connectivity index (χ1) is 16.1. The van der Waals surface area contributed by atoms with Crippen molar-refractivity contribution in [2.24, 2.45) is 0 Å². The van der Waals surface area contributed by atoms with Crippen molar-refractivity contribution in [2.75, 3.05) is 5.75 Å². The van der Waals surface area contributed by atoms with Gasteiger partial charge in [-0.3, -0.25) is 9.36 Å². The number of rotatable bonds is 9. The van der Waals surface area contributed by atoms with Gasteiger partial charge in [0.15, 0.2) is 5.16 Å². The number of hydrogen-bond donors (Lipinski definition) is 1. The minimum atomic E-state index is -0.0238. The molecule has 6 heteroatoms. The summed E-state index contributed by atoms with van der Waals surface area (Å²) in [6.45, 7) is 4.73. The highest BCUT2D eigenvalue weighted by atomic mass is 32.2. The van der Waals surface area contributed by atoms with Crippen LogP contribution in [0, 0.1) is 13.8 Å². The summed E-state index contributed by atoms with van der Waals surface area (Å²) in [5.41, 5.74) is 5.83. The zero-order valence-electron chi connectivity index (χ0n) is 19.0. The zero-order chi connectivity index (χ0) is 23.0. The minimum Gasteiger partial charge on any atom is -0.351 e. The summed E-state index contributed by atoms with van der Waals surface area (Å²) < 4.78 is 2.09. The normalized spacial score (nSPS) is 10.8. The molecule has 0 unspecified atom stereocenters. The maximum Gasteiger partial charge on any atom is 0.230 e. The van der Waals surface area contributed by atoms with E-state index in [0.717, 1.165) is 35.1 Å². The molecule has 4 aromatic rings. The van der Waals surface area contributed by atoms with Crippen molar-refractivity contribution in [1.29, 1.82) is 0 Å². The summed E-state index contributed by atoms with van der Waals surface area (Å²) in [5.74, 6) is 1.16. The Hall–Kier alpha value is -3.38. The van der Waals surface area contributed by atoms with Gasteiger partial charge in [0.25, 0.3) is 0 Å². The van der Waals surface area contributed by atoms with Crippen LogP contribution in [0.5, 0.6) is 0 Å². The standard InChI is InChI=1S/C27H28N4OS/c1-20-13-15-24(17-21(20)2)31-25(16-14-22-9-5-3-6-10-22)29-30-27(31)33-19-26(32)28-18-23-11-7-4-8-12-23/h3-13,15,17H,14,16,18-19H2,1-2H3,(H,28,32). The maximum atomic E-state index is 12.5. The Balaban J connectivity index is 1.49. The topological polar surface area (TPSA) is 59.8 Å². The first kappa shape index (κ1) is 22.8. The average Bonchev–Trinajstić information content (AvgIpc) is 3.26. The fraction of sp³-hybridized carbons (Fsp3) is 0.222. The summed E-state index contributed by atoms with van der Waals surface area (Å²) >= 11 is 1.41. The van der Waals surface area contributed by atoms with Crippen LogP contribution in [0.2, 0.25) is 0 Å². The van der Waals surface area contributed by atoms with Crippen LogP contribution in [0.25, 0.3) is 5.69 Å². The van der Waals surface area contributed by atoms with Crippen LogP contribution in [0.15, 0.2) is 84.0 Å². The van der Waals surface area contributed by atoms with Gasteiger partial charge >= 0.3 is 0 Å². The summed E-state index contributed by atoms with van der Waals surface area (Å²) in [5, 5.41) is 12.6. The number of thioether (sulfide) groups is 1. The third kappa shape index (κ3) is 6.11. The third-order valence-corrected chi connectivity index (χ3v) is 6.52. The second-order valence-electron chi connectivity index (χ2n) is 8.04. The molecule has 1 N–H and O–H groups in total. The van der Waals surface area contributed by atoms with E-state index in [9.17, 15) is 4.79 Å². The van der Waals surface area contributed by atoms with Crippen molar-refractivity contribution < 1.29 is 4.79 Å². The van der Waals surface area contributed by atoms with Crippen LogP contribution in [0.4, 0.5) is 0 Å². The number of nitrogens with zero attached hydrogens (tertiary/aromatic N) is 3. The van der Waals surface area contributed by atoms with E-state index in [0.29, 0.717) is 6.54 Å². The molecule has 1 heterocycles. The Labute approximate surface area is 199 Å². The van der Waals surface area contributed by atoms with Crippen molar-refractivity contribution in [3.05, 3.63) is 107 Å². The van der Waals surface area contributed by atoms with Gasteiger partial charge < -0.3 is 5.32 Å². The SMILES string of the molecule is Cc1ccc(-n2c(CCc3ccccc3)nnc2SCC(=O)NCc2ccccc2)cc1C. The third-order valence-electron chi connectivity index (χ3n) is 5.59. The Bertz CT molecular complexity index is 1210. The predicted molar refractivity (Wildman–Crippen MR) is 134 cm³/mol. The highest BCUT2D eigenvalue weighted by Gasteiger charge is 2.16. The number of nitrogens with one attached hydrogen (secondary N) is 1. The lowest BCUT2D eigenvalue weighted by atomic mass is 10.1. The Morgan fingerprint density at radius 1 is 0.848 bits per heavy atom. The fourth-order valence-corrected chi connectivity index (χ4v) is 4.36. The molecule has 0 saturated heterocycles. The summed E-state index contributed by atoms with van der Waals surface area (Å²) in [7, 11) is 0. The molecule has 0 atom stereocenters.